The van der Waals surface area contributed by atoms with Crippen molar-refractivity contribution in [3.63, 3.8) is 0 Å². The summed E-state index contributed by atoms with van der Waals surface area (Å²) in [6, 6.07) is 0.454. The fourth-order valence-corrected chi connectivity index (χ4v) is 4.19. The lowest BCUT2D eigenvalue weighted by Gasteiger charge is -2.36. The van der Waals surface area contributed by atoms with E-state index in [-0.39, 0.29) is 5.91 Å². The summed E-state index contributed by atoms with van der Waals surface area (Å²) in [6.07, 6.45) is 6.15. The van der Waals surface area contributed by atoms with Gasteiger partial charge in [-0.25, -0.2) is 0 Å². The van der Waals surface area contributed by atoms with E-state index >= 15 is 0 Å². The molecule has 2 N–H and O–H groups in total. The van der Waals surface area contributed by atoms with Crippen molar-refractivity contribution in [3.8, 4) is 0 Å². The van der Waals surface area contributed by atoms with Gasteiger partial charge in [0.2, 0.25) is 5.91 Å². The summed E-state index contributed by atoms with van der Waals surface area (Å²) in [5.74, 6) is 2.07. The molecule has 2 saturated heterocycles. The Morgan fingerprint density at radius 2 is 1.68 bits per heavy atom. The molecular weight excluding hydrogens is 352 g/mol. The summed E-state index contributed by atoms with van der Waals surface area (Å²) in [7, 11) is 0. The number of piperidine rings is 1. The number of piperazine rings is 1. The van der Waals surface area contributed by atoms with Crippen molar-refractivity contribution < 1.29 is 4.79 Å². The molecule has 0 unspecified atom stereocenters. The fraction of sp³-hybridized carbons (Fsp3) is 0.905. The van der Waals surface area contributed by atoms with Gasteiger partial charge in [-0.05, 0) is 64.6 Å². The Labute approximate surface area is 170 Å². The molecule has 1 saturated carbocycles. The normalized spacial score (nSPS) is 23.1. The maximum Gasteiger partial charge on any atom is 0.234 e. The number of likely N-dealkylation sites (tertiary alicyclic amines) is 1. The highest BCUT2D eigenvalue weighted by molar-refractivity contribution is 5.80. The van der Waals surface area contributed by atoms with E-state index in [0.29, 0.717) is 12.6 Å². The second kappa shape index (κ2) is 11.0. The van der Waals surface area contributed by atoms with Crippen LogP contribution < -0.4 is 10.6 Å². The maximum absolute atomic E-state index is 12.0. The first kappa shape index (κ1) is 21.4. The van der Waals surface area contributed by atoms with Gasteiger partial charge >= 0.3 is 0 Å². The Kier molecular flexibility index (Phi) is 8.40. The third kappa shape index (κ3) is 6.92. The first-order chi connectivity index (χ1) is 13.7. The zero-order valence-corrected chi connectivity index (χ0v) is 18.0. The zero-order valence-electron chi connectivity index (χ0n) is 18.0. The summed E-state index contributed by atoms with van der Waals surface area (Å²) in [5, 5.41) is 6.55. The molecule has 3 fully saturated rings. The smallest absolute Gasteiger partial charge is 0.234 e. The molecule has 0 atom stereocenters. The summed E-state index contributed by atoms with van der Waals surface area (Å²) >= 11 is 0. The lowest BCUT2D eigenvalue weighted by Crippen LogP contribution is -2.54. The molecule has 7 nitrogen and oxygen atoms in total. The molecular formula is C21H40N6O. The van der Waals surface area contributed by atoms with Gasteiger partial charge in [-0.1, -0.05) is 6.92 Å². The monoisotopic (exact) mass is 392 g/mol. The van der Waals surface area contributed by atoms with Gasteiger partial charge < -0.3 is 20.4 Å². The number of aliphatic imine (C=N–C) groups is 1. The van der Waals surface area contributed by atoms with E-state index in [1.165, 1.54) is 38.9 Å². The van der Waals surface area contributed by atoms with Crippen LogP contribution in [0, 0.1) is 5.92 Å². The van der Waals surface area contributed by atoms with Crippen LogP contribution in [0.1, 0.15) is 46.0 Å². The van der Waals surface area contributed by atoms with Crippen LogP contribution in [-0.2, 0) is 4.79 Å². The molecule has 1 amide bonds. The molecule has 0 aromatic rings. The van der Waals surface area contributed by atoms with Crippen molar-refractivity contribution in [2.75, 3.05) is 65.4 Å². The molecule has 28 heavy (non-hydrogen) atoms. The zero-order chi connectivity index (χ0) is 19.8. The number of carbonyl (C=O) groups is 1. The largest absolute Gasteiger partial charge is 0.357 e. The molecule has 0 spiro atoms. The molecule has 0 aromatic heterocycles. The molecule has 0 bridgehead atoms. The van der Waals surface area contributed by atoms with Crippen LogP contribution in [0.3, 0.4) is 0 Å². The second-order valence-electron chi connectivity index (χ2n) is 8.51. The number of rotatable bonds is 8. The Bertz CT molecular complexity index is 505. The minimum Gasteiger partial charge on any atom is -0.357 e. The van der Waals surface area contributed by atoms with E-state index in [9.17, 15) is 4.79 Å². The summed E-state index contributed by atoms with van der Waals surface area (Å²) < 4.78 is 0. The van der Waals surface area contributed by atoms with E-state index in [2.05, 4.69) is 39.2 Å². The van der Waals surface area contributed by atoms with Crippen molar-refractivity contribution in [3.05, 3.63) is 0 Å². The Balaban J connectivity index is 1.38. The SMILES string of the molecule is CCNC(=NCCC1CCN(CC)CC1)N1CCN(CC(=O)NC2CC2)CC1. The Hall–Kier alpha value is -1.34. The van der Waals surface area contributed by atoms with E-state index < -0.39 is 0 Å². The quantitative estimate of drug-likeness (QED) is 0.476. The molecule has 0 radical (unpaired) electrons. The number of carbonyl (C=O) groups excluding carboxylic acids is 1. The van der Waals surface area contributed by atoms with Gasteiger partial charge in [0, 0.05) is 45.3 Å². The van der Waals surface area contributed by atoms with E-state index in [4.69, 9.17) is 4.99 Å². The number of hydrogen-bond donors (Lipinski definition) is 2. The predicted octanol–water partition coefficient (Wildman–Crippen LogP) is 0.970. The van der Waals surface area contributed by atoms with Gasteiger partial charge in [0.15, 0.2) is 5.96 Å². The molecule has 3 rings (SSSR count). The van der Waals surface area contributed by atoms with Crippen molar-refractivity contribution in [2.45, 2.75) is 52.0 Å². The standard InChI is InChI=1S/C21H40N6O/c1-3-22-21(23-10-7-18-8-11-25(4-2)12-9-18)27-15-13-26(14-16-27)17-20(28)24-19-5-6-19/h18-19H,3-17H2,1-2H3,(H,22,23)(H,24,28). The number of nitrogens with zero attached hydrogens (tertiary/aromatic N) is 4. The van der Waals surface area contributed by atoms with E-state index in [0.717, 1.165) is 64.0 Å². The Morgan fingerprint density at radius 3 is 2.29 bits per heavy atom. The lowest BCUT2D eigenvalue weighted by atomic mass is 9.94. The average Bonchev–Trinajstić information content (AvgIpc) is 3.52. The minimum absolute atomic E-state index is 0.186. The van der Waals surface area contributed by atoms with Gasteiger partial charge in [0.25, 0.3) is 0 Å². The van der Waals surface area contributed by atoms with Crippen LogP contribution >= 0.6 is 0 Å². The molecule has 0 aromatic carbocycles. The van der Waals surface area contributed by atoms with E-state index in [1.54, 1.807) is 0 Å². The second-order valence-corrected chi connectivity index (χ2v) is 8.51. The predicted molar refractivity (Wildman–Crippen MR) is 115 cm³/mol. The highest BCUT2D eigenvalue weighted by Crippen LogP contribution is 2.20. The summed E-state index contributed by atoms with van der Waals surface area (Å²) in [6.45, 7) is 14.2. The fourth-order valence-electron chi connectivity index (χ4n) is 4.19. The minimum atomic E-state index is 0.186. The van der Waals surface area contributed by atoms with Crippen LogP contribution in [0.2, 0.25) is 0 Å². The highest BCUT2D eigenvalue weighted by atomic mass is 16.2. The summed E-state index contributed by atoms with van der Waals surface area (Å²) in [4.78, 5) is 24.1. The number of guanidine groups is 1. The van der Waals surface area contributed by atoms with Gasteiger partial charge in [0.1, 0.15) is 0 Å². The van der Waals surface area contributed by atoms with Crippen LogP contribution in [-0.4, -0.2) is 98.1 Å². The summed E-state index contributed by atoms with van der Waals surface area (Å²) in [5.41, 5.74) is 0. The van der Waals surface area contributed by atoms with Gasteiger partial charge in [-0.3, -0.25) is 14.7 Å². The van der Waals surface area contributed by atoms with Crippen molar-refractivity contribution >= 4 is 11.9 Å². The molecule has 1 aliphatic carbocycles. The molecule has 160 valence electrons. The maximum atomic E-state index is 12.0. The third-order valence-corrected chi connectivity index (χ3v) is 6.27. The van der Waals surface area contributed by atoms with Crippen molar-refractivity contribution in [1.82, 2.24) is 25.3 Å². The number of nitrogens with one attached hydrogen (secondary N) is 2. The molecule has 7 heteroatoms. The van der Waals surface area contributed by atoms with Crippen molar-refractivity contribution in [2.24, 2.45) is 10.9 Å². The molecule has 2 heterocycles. The number of hydrogen-bond acceptors (Lipinski definition) is 4. The molecule has 3 aliphatic rings. The van der Waals surface area contributed by atoms with Gasteiger partial charge in [-0.2, -0.15) is 0 Å². The van der Waals surface area contributed by atoms with Crippen LogP contribution in [0.4, 0.5) is 0 Å². The highest BCUT2D eigenvalue weighted by Gasteiger charge is 2.26. The van der Waals surface area contributed by atoms with Crippen LogP contribution in [0.25, 0.3) is 0 Å². The topological polar surface area (TPSA) is 63.2 Å². The lowest BCUT2D eigenvalue weighted by molar-refractivity contribution is -0.122. The van der Waals surface area contributed by atoms with Gasteiger partial charge in [0.05, 0.1) is 6.54 Å². The first-order valence-corrected chi connectivity index (χ1v) is 11.4. The van der Waals surface area contributed by atoms with E-state index in [1.807, 2.05) is 0 Å². The van der Waals surface area contributed by atoms with Crippen LogP contribution in [0.15, 0.2) is 4.99 Å². The first-order valence-electron chi connectivity index (χ1n) is 11.4. The average molecular weight is 393 g/mol. The third-order valence-electron chi connectivity index (χ3n) is 6.27. The Morgan fingerprint density at radius 1 is 0.964 bits per heavy atom. The molecule has 2 aliphatic heterocycles. The van der Waals surface area contributed by atoms with Crippen LogP contribution in [0.5, 0.6) is 0 Å². The number of amides is 1. The van der Waals surface area contributed by atoms with Gasteiger partial charge in [-0.15, -0.1) is 0 Å². The van der Waals surface area contributed by atoms with Crippen molar-refractivity contribution in [1.29, 1.82) is 0 Å².